The van der Waals surface area contributed by atoms with Gasteiger partial charge in [-0.3, -0.25) is 0 Å². The number of aryl methyl sites for hydroxylation is 1. The topological polar surface area (TPSA) is 49.8 Å². The number of rotatable bonds is 2. The molecule has 0 saturated heterocycles. The van der Waals surface area contributed by atoms with E-state index in [1.165, 1.54) is 11.1 Å². The van der Waals surface area contributed by atoms with Gasteiger partial charge in [-0.05, 0) is 39.9 Å². The van der Waals surface area contributed by atoms with E-state index in [4.69, 9.17) is 0 Å². The lowest BCUT2D eigenvalue weighted by Crippen LogP contribution is -2.26. The molecule has 6 heteroatoms. The highest BCUT2D eigenvalue weighted by atomic mass is 79.9. The van der Waals surface area contributed by atoms with Crippen LogP contribution in [0, 0.1) is 6.92 Å². The molecule has 0 atom stereocenters. The van der Waals surface area contributed by atoms with Gasteiger partial charge in [-0.1, -0.05) is 0 Å². The highest BCUT2D eigenvalue weighted by molar-refractivity contribution is 9.10. The molecule has 2 aromatic rings. The predicted molar refractivity (Wildman–Crippen MR) is 77.5 cm³/mol. The van der Waals surface area contributed by atoms with Crippen molar-refractivity contribution in [3.8, 4) is 0 Å². The van der Waals surface area contributed by atoms with Crippen LogP contribution in [0.3, 0.4) is 0 Å². The molecule has 0 aromatic carbocycles. The van der Waals surface area contributed by atoms with Gasteiger partial charge in [-0.2, -0.15) is 0 Å². The molecular formula is C12H13BrN4S. The quantitative estimate of drug-likeness (QED) is 0.834. The van der Waals surface area contributed by atoms with Crippen molar-refractivity contribution in [1.29, 1.82) is 0 Å². The van der Waals surface area contributed by atoms with Crippen molar-refractivity contribution >= 4 is 38.1 Å². The Kier molecular flexibility index (Phi) is 3.32. The Balaban J connectivity index is 2.01. The van der Waals surface area contributed by atoms with E-state index in [1.54, 1.807) is 11.3 Å². The van der Waals surface area contributed by atoms with E-state index in [0.717, 1.165) is 36.0 Å². The van der Waals surface area contributed by atoms with E-state index in [-0.39, 0.29) is 0 Å². The first kappa shape index (κ1) is 12.1. The second-order valence-corrected chi connectivity index (χ2v) is 5.88. The average molecular weight is 325 g/mol. The zero-order valence-electron chi connectivity index (χ0n) is 9.96. The van der Waals surface area contributed by atoms with Crippen LogP contribution in [0.15, 0.2) is 16.2 Å². The number of nitrogens with zero attached hydrogens (tertiary/aromatic N) is 2. The fourth-order valence-electron chi connectivity index (χ4n) is 2.02. The third-order valence-electron chi connectivity index (χ3n) is 3.00. The van der Waals surface area contributed by atoms with Crippen molar-refractivity contribution in [2.75, 3.05) is 11.9 Å². The standard InChI is InChI=1S/C12H13BrN4S/c1-7-3-5-18-11(7)16-10-8-6-14-4-2-9(8)15-12(13)17-10/h3,5,14H,2,4,6H2,1H3,(H,15,16,17). The summed E-state index contributed by atoms with van der Waals surface area (Å²) in [5.74, 6) is 0.907. The lowest BCUT2D eigenvalue weighted by atomic mass is 10.1. The van der Waals surface area contributed by atoms with Crippen LogP contribution in [0.25, 0.3) is 0 Å². The van der Waals surface area contributed by atoms with Gasteiger partial charge in [0.2, 0.25) is 0 Å². The third-order valence-corrected chi connectivity index (χ3v) is 4.29. The molecule has 0 spiro atoms. The second-order valence-electron chi connectivity index (χ2n) is 4.25. The minimum Gasteiger partial charge on any atom is -0.331 e. The highest BCUT2D eigenvalue weighted by Gasteiger charge is 2.17. The molecule has 4 nitrogen and oxygen atoms in total. The van der Waals surface area contributed by atoms with E-state index < -0.39 is 0 Å². The molecule has 18 heavy (non-hydrogen) atoms. The number of thiophene rings is 1. The van der Waals surface area contributed by atoms with Gasteiger partial charge < -0.3 is 10.6 Å². The Bertz CT molecular complexity index is 581. The monoisotopic (exact) mass is 324 g/mol. The van der Waals surface area contributed by atoms with Gasteiger partial charge >= 0.3 is 0 Å². The Hall–Kier alpha value is -0.980. The van der Waals surface area contributed by atoms with Crippen molar-refractivity contribution in [2.24, 2.45) is 0 Å². The molecule has 0 radical (unpaired) electrons. The van der Waals surface area contributed by atoms with Crippen LogP contribution in [0.2, 0.25) is 0 Å². The molecule has 0 fully saturated rings. The SMILES string of the molecule is Cc1ccsc1Nc1nc(Br)nc2c1CNCC2. The van der Waals surface area contributed by atoms with Gasteiger partial charge in [-0.25, -0.2) is 9.97 Å². The molecule has 3 heterocycles. The molecule has 0 unspecified atom stereocenters. The number of nitrogens with one attached hydrogen (secondary N) is 2. The fourth-order valence-corrected chi connectivity index (χ4v) is 3.23. The molecule has 0 saturated carbocycles. The van der Waals surface area contributed by atoms with Crippen molar-refractivity contribution in [2.45, 2.75) is 19.9 Å². The molecule has 3 rings (SSSR count). The van der Waals surface area contributed by atoms with Gasteiger partial charge in [0.25, 0.3) is 0 Å². The summed E-state index contributed by atoms with van der Waals surface area (Å²) in [5.41, 5.74) is 3.55. The van der Waals surface area contributed by atoms with Crippen LogP contribution in [-0.2, 0) is 13.0 Å². The second kappa shape index (κ2) is 4.95. The molecule has 0 bridgehead atoms. The maximum absolute atomic E-state index is 4.46. The van der Waals surface area contributed by atoms with Gasteiger partial charge in [0.1, 0.15) is 5.82 Å². The first-order valence-electron chi connectivity index (χ1n) is 5.81. The van der Waals surface area contributed by atoms with Crippen LogP contribution >= 0.6 is 27.3 Å². The summed E-state index contributed by atoms with van der Waals surface area (Å²) in [7, 11) is 0. The molecular weight excluding hydrogens is 312 g/mol. The van der Waals surface area contributed by atoms with E-state index in [1.807, 2.05) is 0 Å². The average Bonchev–Trinajstić information content (AvgIpc) is 2.75. The molecule has 1 aliphatic heterocycles. The predicted octanol–water partition coefficient (Wildman–Crippen LogP) is 3.00. The molecule has 94 valence electrons. The largest absolute Gasteiger partial charge is 0.331 e. The summed E-state index contributed by atoms with van der Waals surface area (Å²) in [6.45, 7) is 3.91. The Morgan fingerprint density at radius 2 is 2.33 bits per heavy atom. The Morgan fingerprint density at radius 1 is 1.44 bits per heavy atom. The molecule has 0 aliphatic carbocycles. The first-order valence-corrected chi connectivity index (χ1v) is 7.48. The smallest absolute Gasteiger partial charge is 0.198 e. The summed E-state index contributed by atoms with van der Waals surface area (Å²) < 4.78 is 0.653. The van der Waals surface area contributed by atoms with Crippen LogP contribution in [0.5, 0.6) is 0 Å². The van der Waals surface area contributed by atoms with E-state index in [9.17, 15) is 0 Å². The van der Waals surface area contributed by atoms with Crippen LogP contribution in [0.1, 0.15) is 16.8 Å². The van der Waals surface area contributed by atoms with Crippen LogP contribution in [-0.4, -0.2) is 16.5 Å². The normalized spacial score (nSPS) is 14.3. The van der Waals surface area contributed by atoms with Crippen LogP contribution in [0.4, 0.5) is 10.8 Å². The zero-order valence-corrected chi connectivity index (χ0v) is 12.4. The number of halogens is 1. The first-order chi connectivity index (χ1) is 8.74. The van der Waals surface area contributed by atoms with Gasteiger partial charge in [-0.15, -0.1) is 11.3 Å². The summed E-state index contributed by atoms with van der Waals surface area (Å²) in [5, 5.41) is 10.0. The number of anilines is 2. The minimum atomic E-state index is 0.653. The lowest BCUT2D eigenvalue weighted by Gasteiger charge is -2.19. The summed E-state index contributed by atoms with van der Waals surface area (Å²) in [6, 6.07) is 2.11. The van der Waals surface area contributed by atoms with E-state index >= 15 is 0 Å². The summed E-state index contributed by atoms with van der Waals surface area (Å²) in [4.78, 5) is 8.92. The van der Waals surface area contributed by atoms with Gasteiger partial charge in [0.05, 0.1) is 10.7 Å². The molecule has 0 amide bonds. The molecule has 1 aliphatic rings. The number of hydrogen-bond donors (Lipinski definition) is 2. The van der Waals surface area contributed by atoms with Crippen molar-refractivity contribution in [3.05, 3.63) is 33.0 Å². The summed E-state index contributed by atoms with van der Waals surface area (Å²) in [6.07, 6.45) is 0.953. The minimum absolute atomic E-state index is 0.653. The van der Waals surface area contributed by atoms with E-state index in [0.29, 0.717) is 4.73 Å². The Morgan fingerprint density at radius 3 is 3.11 bits per heavy atom. The number of fused-ring (bicyclic) bond motifs is 1. The zero-order chi connectivity index (χ0) is 12.5. The number of hydrogen-bond acceptors (Lipinski definition) is 5. The summed E-state index contributed by atoms with van der Waals surface area (Å²) >= 11 is 5.08. The maximum Gasteiger partial charge on any atom is 0.198 e. The maximum atomic E-state index is 4.46. The van der Waals surface area contributed by atoms with Gasteiger partial charge in [0.15, 0.2) is 4.73 Å². The van der Waals surface area contributed by atoms with Crippen molar-refractivity contribution in [3.63, 3.8) is 0 Å². The third kappa shape index (κ3) is 2.28. The van der Waals surface area contributed by atoms with Crippen molar-refractivity contribution in [1.82, 2.24) is 15.3 Å². The fraction of sp³-hybridized carbons (Fsp3) is 0.333. The highest BCUT2D eigenvalue weighted by Crippen LogP contribution is 2.29. The Labute approximate surface area is 118 Å². The lowest BCUT2D eigenvalue weighted by molar-refractivity contribution is 0.626. The van der Waals surface area contributed by atoms with Gasteiger partial charge in [0, 0.05) is 25.1 Å². The molecule has 2 N–H and O–H groups in total. The van der Waals surface area contributed by atoms with E-state index in [2.05, 4.69) is 54.9 Å². The van der Waals surface area contributed by atoms with Crippen LogP contribution < -0.4 is 10.6 Å². The van der Waals surface area contributed by atoms with Crippen molar-refractivity contribution < 1.29 is 0 Å². The molecule has 2 aromatic heterocycles. The number of aromatic nitrogens is 2.